The van der Waals surface area contributed by atoms with Crippen LogP contribution in [0.1, 0.15) is 11.5 Å². The van der Waals surface area contributed by atoms with E-state index in [2.05, 4.69) is 26.1 Å². The lowest BCUT2D eigenvalue weighted by Crippen LogP contribution is -1.83. The molecule has 112 valence electrons. The highest BCUT2D eigenvalue weighted by molar-refractivity contribution is 9.10. The van der Waals surface area contributed by atoms with Crippen molar-refractivity contribution in [2.45, 2.75) is 11.5 Å². The van der Waals surface area contributed by atoms with Crippen molar-refractivity contribution in [3.63, 3.8) is 0 Å². The molecule has 2 aromatic carbocycles. The van der Waals surface area contributed by atoms with Gasteiger partial charge in [-0.3, -0.25) is 0 Å². The maximum absolute atomic E-state index is 5.87. The van der Waals surface area contributed by atoms with Crippen LogP contribution in [0, 0.1) is 0 Å². The van der Waals surface area contributed by atoms with Crippen molar-refractivity contribution >= 4 is 39.3 Å². The molecule has 0 aliphatic heterocycles. The summed E-state index contributed by atoms with van der Waals surface area (Å²) in [5.74, 6) is 2.73. The third-order valence-corrected chi connectivity index (χ3v) is 4.91. The van der Waals surface area contributed by atoms with E-state index in [0.717, 1.165) is 20.8 Å². The second-order valence-corrected chi connectivity index (χ2v) is 6.88. The quantitative estimate of drug-likeness (QED) is 0.565. The summed E-state index contributed by atoms with van der Waals surface area (Å²) < 4.78 is 6.66. The van der Waals surface area contributed by atoms with Crippen LogP contribution in [0.5, 0.6) is 0 Å². The summed E-state index contributed by atoms with van der Waals surface area (Å²) in [4.78, 5) is 0. The fourth-order valence-electron chi connectivity index (χ4n) is 1.89. The van der Waals surface area contributed by atoms with Crippen LogP contribution < -0.4 is 0 Å². The Kier molecular flexibility index (Phi) is 5.18. The molecule has 1 aromatic heterocycles. The van der Waals surface area contributed by atoms with Gasteiger partial charge in [0, 0.05) is 15.2 Å². The lowest BCUT2D eigenvalue weighted by atomic mass is 10.2. The lowest BCUT2D eigenvalue weighted by Gasteiger charge is -2.00. The number of hydrogen-bond donors (Lipinski definition) is 0. The monoisotopic (exact) mass is 394 g/mol. The van der Waals surface area contributed by atoms with Gasteiger partial charge in [-0.15, -0.1) is 22.0 Å². The molecule has 3 nitrogen and oxygen atoms in total. The maximum atomic E-state index is 5.87. The number of benzene rings is 2. The standard InChI is InChI=1S/C16H12BrClN2OS/c17-14-4-2-1-3-13(14)16-20-19-15(21-16)10-22-9-11-5-7-12(18)8-6-11/h1-8H,9-10H2. The third kappa shape index (κ3) is 3.91. The van der Waals surface area contributed by atoms with Gasteiger partial charge in [0.2, 0.25) is 11.8 Å². The highest BCUT2D eigenvalue weighted by Crippen LogP contribution is 2.27. The zero-order chi connectivity index (χ0) is 15.4. The number of halogens is 2. The first kappa shape index (κ1) is 15.6. The van der Waals surface area contributed by atoms with E-state index in [1.807, 2.05) is 48.5 Å². The highest BCUT2D eigenvalue weighted by atomic mass is 79.9. The van der Waals surface area contributed by atoms with E-state index in [0.29, 0.717) is 17.5 Å². The molecule has 3 rings (SSSR count). The van der Waals surface area contributed by atoms with Crippen LogP contribution in [0.3, 0.4) is 0 Å². The molecule has 0 fully saturated rings. The van der Waals surface area contributed by atoms with Crippen LogP contribution in [0.25, 0.3) is 11.5 Å². The first-order valence-electron chi connectivity index (χ1n) is 6.62. The van der Waals surface area contributed by atoms with Gasteiger partial charge in [-0.05, 0) is 45.8 Å². The minimum absolute atomic E-state index is 0.537. The first-order valence-corrected chi connectivity index (χ1v) is 8.94. The van der Waals surface area contributed by atoms with Crippen molar-refractivity contribution in [1.82, 2.24) is 10.2 Å². The Morgan fingerprint density at radius 1 is 1.00 bits per heavy atom. The molecule has 0 radical (unpaired) electrons. The second kappa shape index (κ2) is 7.31. The van der Waals surface area contributed by atoms with Gasteiger partial charge in [0.15, 0.2) is 0 Å². The van der Waals surface area contributed by atoms with Crippen molar-refractivity contribution in [2.75, 3.05) is 0 Å². The smallest absolute Gasteiger partial charge is 0.248 e. The minimum atomic E-state index is 0.537. The molecule has 0 aliphatic carbocycles. The van der Waals surface area contributed by atoms with Crippen LogP contribution in [0.4, 0.5) is 0 Å². The Labute approximate surface area is 146 Å². The predicted molar refractivity (Wildman–Crippen MR) is 93.9 cm³/mol. The molecule has 0 atom stereocenters. The Morgan fingerprint density at radius 3 is 2.55 bits per heavy atom. The molecular formula is C16H12BrClN2OS. The van der Waals surface area contributed by atoms with Crippen molar-refractivity contribution in [1.29, 1.82) is 0 Å². The van der Waals surface area contributed by atoms with Gasteiger partial charge >= 0.3 is 0 Å². The van der Waals surface area contributed by atoms with Gasteiger partial charge in [0.25, 0.3) is 0 Å². The molecule has 0 amide bonds. The van der Waals surface area contributed by atoms with Gasteiger partial charge in [0.1, 0.15) is 0 Å². The average molecular weight is 396 g/mol. The van der Waals surface area contributed by atoms with E-state index in [-0.39, 0.29) is 0 Å². The number of thioether (sulfide) groups is 1. The molecule has 0 unspecified atom stereocenters. The minimum Gasteiger partial charge on any atom is -0.420 e. The number of aromatic nitrogens is 2. The normalized spacial score (nSPS) is 10.8. The van der Waals surface area contributed by atoms with E-state index >= 15 is 0 Å². The molecule has 0 spiro atoms. The van der Waals surface area contributed by atoms with E-state index in [9.17, 15) is 0 Å². The van der Waals surface area contributed by atoms with Crippen molar-refractivity contribution < 1.29 is 4.42 Å². The zero-order valence-electron chi connectivity index (χ0n) is 11.5. The van der Waals surface area contributed by atoms with Crippen LogP contribution in [0.15, 0.2) is 57.4 Å². The van der Waals surface area contributed by atoms with Gasteiger partial charge in [-0.1, -0.05) is 35.9 Å². The lowest BCUT2D eigenvalue weighted by molar-refractivity contribution is 0.528. The molecule has 0 aliphatic rings. The van der Waals surface area contributed by atoms with E-state index < -0.39 is 0 Å². The highest BCUT2D eigenvalue weighted by Gasteiger charge is 2.11. The number of rotatable bonds is 5. The van der Waals surface area contributed by atoms with Crippen LogP contribution in [-0.4, -0.2) is 10.2 Å². The topological polar surface area (TPSA) is 38.9 Å². The molecule has 1 heterocycles. The van der Waals surface area contributed by atoms with E-state index in [4.69, 9.17) is 16.0 Å². The SMILES string of the molecule is Clc1ccc(CSCc2nnc(-c3ccccc3Br)o2)cc1. The van der Waals surface area contributed by atoms with E-state index in [1.54, 1.807) is 11.8 Å². The maximum Gasteiger partial charge on any atom is 0.248 e. The molecule has 3 aromatic rings. The van der Waals surface area contributed by atoms with E-state index in [1.165, 1.54) is 5.56 Å². The fourth-order valence-corrected chi connectivity index (χ4v) is 3.29. The Bertz CT molecular complexity index is 761. The second-order valence-electron chi connectivity index (χ2n) is 4.60. The number of hydrogen-bond acceptors (Lipinski definition) is 4. The Balaban J connectivity index is 1.60. The van der Waals surface area contributed by atoms with Gasteiger partial charge in [0.05, 0.1) is 11.3 Å². The third-order valence-electron chi connectivity index (χ3n) is 2.98. The summed E-state index contributed by atoms with van der Waals surface area (Å²) in [5.41, 5.74) is 2.13. The van der Waals surface area contributed by atoms with Crippen LogP contribution in [-0.2, 0) is 11.5 Å². The Morgan fingerprint density at radius 2 is 1.77 bits per heavy atom. The fraction of sp³-hybridized carbons (Fsp3) is 0.125. The molecule has 0 bridgehead atoms. The van der Waals surface area contributed by atoms with Crippen molar-refractivity contribution in [2.24, 2.45) is 0 Å². The number of nitrogens with zero attached hydrogens (tertiary/aromatic N) is 2. The molecule has 6 heteroatoms. The first-order chi connectivity index (χ1) is 10.7. The van der Waals surface area contributed by atoms with Crippen molar-refractivity contribution in [3.8, 4) is 11.5 Å². The van der Waals surface area contributed by atoms with Crippen LogP contribution in [0.2, 0.25) is 5.02 Å². The van der Waals surface area contributed by atoms with Gasteiger partial charge < -0.3 is 4.42 Å². The molecule has 0 saturated carbocycles. The Hall–Kier alpha value is -1.30. The summed E-state index contributed by atoms with van der Waals surface area (Å²) in [6.45, 7) is 0. The zero-order valence-corrected chi connectivity index (χ0v) is 14.7. The predicted octanol–water partition coefficient (Wildman–Crippen LogP) is 5.59. The summed E-state index contributed by atoms with van der Waals surface area (Å²) in [6, 6.07) is 15.6. The average Bonchev–Trinajstić information content (AvgIpc) is 2.98. The van der Waals surface area contributed by atoms with Crippen LogP contribution >= 0.6 is 39.3 Å². The summed E-state index contributed by atoms with van der Waals surface area (Å²) in [7, 11) is 0. The molecule has 0 N–H and O–H groups in total. The summed E-state index contributed by atoms with van der Waals surface area (Å²) in [6.07, 6.45) is 0. The largest absolute Gasteiger partial charge is 0.420 e. The summed E-state index contributed by atoms with van der Waals surface area (Å²) >= 11 is 11.1. The van der Waals surface area contributed by atoms with Crippen molar-refractivity contribution in [3.05, 3.63) is 69.5 Å². The van der Waals surface area contributed by atoms with Gasteiger partial charge in [-0.25, -0.2) is 0 Å². The molecule has 22 heavy (non-hydrogen) atoms. The molecule has 0 saturated heterocycles. The van der Waals surface area contributed by atoms with Gasteiger partial charge in [-0.2, -0.15) is 0 Å². The molecular weight excluding hydrogens is 384 g/mol. The summed E-state index contributed by atoms with van der Waals surface area (Å²) in [5, 5.41) is 8.96.